The van der Waals surface area contributed by atoms with E-state index in [1.54, 1.807) is 41.8 Å². The fraction of sp³-hybridized carbons (Fsp3) is 0.300. The molecule has 0 unspecified atom stereocenters. The highest BCUT2D eigenvalue weighted by molar-refractivity contribution is 7.15. The van der Waals surface area contributed by atoms with Crippen molar-refractivity contribution in [2.24, 2.45) is 0 Å². The third-order valence-electron chi connectivity index (χ3n) is 4.20. The third kappa shape index (κ3) is 4.48. The summed E-state index contributed by atoms with van der Waals surface area (Å²) in [7, 11) is 5.05. The lowest BCUT2D eigenvalue weighted by atomic mass is 10.1. The van der Waals surface area contributed by atoms with Gasteiger partial charge in [-0.05, 0) is 30.5 Å². The van der Waals surface area contributed by atoms with Gasteiger partial charge in [-0.2, -0.15) is 0 Å². The van der Waals surface area contributed by atoms with Crippen molar-refractivity contribution in [3.8, 4) is 22.1 Å². The molecule has 0 saturated heterocycles. The van der Waals surface area contributed by atoms with E-state index in [1.807, 2.05) is 49.7 Å². The van der Waals surface area contributed by atoms with Gasteiger partial charge in [0.15, 0.2) is 0 Å². The van der Waals surface area contributed by atoms with Crippen LogP contribution in [0.1, 0.15) is 15.4 Å². The smallest absolute Gasteiger partial charge is 0.227 e. The average Bonchev–Trinajstić information content (AvgIpc) is 3.31. The standard InChI is InChI=1S/C20H22N2O3S2/c1-13-21-20(17-6-5-9-26-17)18(27-13)11-19(23)22(2)12-14-7-8-15(24-3)10-16(14)25-4/h5-10H,11-12H2,1-4H3. The molecule has 0 atom stereocenters. The maximum Gasteiger partial charge on any atom is 0.227 e. The second-order valence-electron chi connectivity index (χ2n) is 6.09. The van der Waals surface area contributed by atoms with Crippen LogP contribution in [0.25, 0.3) is 10.6 Å². The van der Waals surface area contributed by atoms with Crippen LogP contribution in [0.4, 0.5) is 0 Å². The second-order valence-corrected chi connectivity index (χ2v) is 8.32. The topological polar surface area (TPSA) is 51.7 Å². The molecule has 5 nitrogen and oxygen atoms in total. The number of benzene rings is 1. The Morgan fingerprint density at radius 3 is 2.70 bits per heavy atom. The first kappa shape index (κ1) is 19.4. The predicted molar refractivity (Wildman–Crippen MR) is 110 cm³/mol. The van der Waals surface area contributed by atoms with Gasteiger partial charge in [0.2, 0.25) is 5.91 Å². The number of rotatable bonds is 7. The van der Waals surface area contributed by atoms with Crippen LogP contribution in [-0.2, 0) is 17.8 Å². The third-order valence-corrected chi connectivity index (χ3v) is 6.05. The monoisotopic (exact) mass is 402 g/mol. The summed E-state index contributed by atoms with van der Waals surface area (Å²) in [6.07, 6.45) is 0.341. The molecule has 0 aliphatic carbocycles. The summed E-state index contributed by atoms with van der Waals surface area (Å²) in [5.74, 6) is 1.49. The molecule has 0 fully saturated rings. The molecular formula is C20H22N2O3S2. The largest absolute Gasteiger partial charge is 0.497 e. The number of methoxy groups -OCH3 is 2. The Bertz CT molecular complexity index is 919. The Balaban J connectivity index is 1.74. The molecule has 2 heterocycles. The zero-order chi connectivity index (χ0) is 19.4. The van der Waals surface area contributed by atoms with E-state index in [2.05, 4.69) is 4.98 Å². The average molecular weight is 403 g/mol. The van der Waals surface area contributed by atoms with Gasteiger partial charge in [-0.25, -0.2) is 4.98 Å². The fourth-order valence-electron chi connectivity index (χ4n) is 2.79. The number of aryl methyl sites for hydroxylation is 1. The quantitative estimate of drug-likeness (QED) is 0.588. The van der Waals surface area contributed by atoms with E-state index in [4.69, 9.17) is 9.47 Å². The van der Waals surface area contributed by atoms with E-state index in [0.29, 0.717) is 18.7 Å². The Morgan fingerprint density at radius 1 is 1.22 bits per heavy atom. The van der Waals surface area contributed by atoms with E-state index >= 15 is 0 Å². The summed E-state index contributed by atoms with van der Waals surface area (Å²) in [4.78, 5) is 21.3. The van der Waals surface area contributed by atoms with Gasteiger partial charge < -0.3 is 14.4 Å². The second kappa shape index (κ2) is 8.54. The number of thiazole rings is 1. The van der Waals surface area contributed by atoms with E-state index < -0.39 is 0 Å². The minimum absolute atomic E-state index is 0.0503. The van der Waals surface area contributed by atoms with Crippen molar-refractivity contribution in [2.75, 3.05) is 21.3 Å². The first-order valence-electron chi connectivity index (χ1n) is 8.47. The maximum absolute atomic E-state index is 12.8. The summed E-state index contributed by atoms with van der Waals surface area (Å²) in [5.41, 5.74) is 1.87. The molecule has 1 amide bonds. The number of hydrogen-bond donors (Lipinski definition) is 0. The number of amides is 1. The molecule has 2 aromatic heterocycles. The van der Waals surface area contributed by atoms with E-state index in [0.717, 1.165) is 31.8 Å². The van der Waals surface area contributed by atoms with Gasteiger partial charge in [-0.1, -0.05) is 6.07 Å². The van der Waals surface area contributed by atoms with Crippen LogP contribution in [0.2, 0.25) is 0 Å². The van der Waals surface area contributed by atoms with Gasteiger partial charge in [-0.15, -0.1) is 22.7 Å². The molecule has 0 aliphatic heterocycles. The Labute approximate surface area is 167 Å². The molecule has 0 bridgehead atoms. The maximum atomic E-state index is 12.8. The lowest BCUT2D eigenvalue weighted by Crippen LogP contribution is -2.27. The molecule has 3 rings (SSSR count). The first-order valence-corrected chi connectivity index (χ1v) is 10.2. The predicted octanol–water partition coefficient (Wildman–Crippen LogP) is 4.40. The van der Waals surface area contributed by atoms with E-state index in [-0.39, 0.29) is 5.91 Å². The van der Waals surface area contributed by atoms with Crippen LogP contribution >= 0.6 is 22.7 Å². The summed E-state index contributed by atoms with van der Waals surface area (Å²) < 4.78 is 10.7. The number of nitrogens with zero attached hydrogens (tertiary/aromatic N) is 2. The molecule has 1 aromatic carbocycles. The molecule has 3 aromatic rings. The molecule has 0 radical (unpaired) electrons. The van der Waals surface area contributed by atoms with Gasteiger partial charge in [0.1, 0.15) is 11.5 Å². The van der Waals surface area contributed by atoms with Crippen molar-refractivity contribution in [1.82, 2.24) is 9.88 Å². The number of ether oxygens (including phenoxy) is 2. The van der Waals surface area contributed by atoms with Crippen molar-refractivity contribution in [3.05, 3.63) is 51.2 Å². The van der Waals surface area contributed by atoms with Crippen LogP contribution in [0, 0.1) is 6.92 Å². The highest BCUT2D eigenvalue weighted by Crippen LogP contribution is 2.32. The number of likely N-dealkylation sites (N-methyl/N-ethyl adjacent to an activating group) is 1. The summed E-state index contributed by atoms with van der Waals surface area (Å²) in [5, 5.41) is 3.00. The van der Waals surface area contributed by atoms with Crippen molar-refractivity contribution < 1.29 is 14.3 Å². The van der Waals surface area contributed by atoms with Crippen LogP contribution in [0.15, 0.2) is 35.7 Å². The fourth-order valence-corrected chi connectivity index (χ4v) is 4.54. The number of aromatic nitrogens is 1. The summed E-state index contributed by atoms with van der Waals surface area (Å²) in [6, 6.07) is 9.67. The van der Waals surface area contributed by atoms with Gasteiger partial charge in [-0.3, -0.25) is 4.79 Å². The SMILES string of the molecule is COc1ccc(CN(C)C(=O)Cc2sc(C)nc2-c2cccs2)c(OC)c1. The molecule has 0 saturated carbocycles. The van der Waals surface area contributed by atoms with Crippen LogP contribution < -0.4 is 9.47 Å². The summed E-state index contributed by atoms with van der Waals surface area (Å²) in [6.45, 7) is 2.44. The molecule has 27 heavy (non-hydrogen) atoms. The van der Waals surface area contributed by atoms with Crippen LogP contribution in [0.3, 0.4) is 0 Å². The molecule has 0 N–H and O–H groups in total. The van der Waals surface area contributed by atoms with Gasteiger partial charge in [0.05, 0.1) is 36.2 Å². The number of thiophene rings is 1. The minimum atomic E-state index is 0.0503. The van der Waals surface area contributed by atoms with Gasteiger partial charge >= 0.3 is 0 Å². The Morgan fingerprint density at radius 2 is 2.04 bits per heavy atom. The Kier molecular flexibility index (Phi) is 6.13. The zero-order valence-corrected chi connectivity index (χ0v) is 17.4. The van der Waals surface area contributed by atoms with Gasteiger partial charge in [0.25, 0.3) is 0 Å². The van der Waals surface area contributed by atoms with Gasteiger partial charge in [0, 0.05) is 30.1 Å². The molecule has 0 spiro atoms. The number of carbonyl (C=O) groups is 1. The molecular weight excluding hydrogens is 380 g/mol. The molecule has 142 valence electrons. The zero-order valence-electron chi connectivity index (χ0n) is 15.8. The lowest BCUT2D eigenvalue weighted by Gasteiger charge is -2.19. The first-order chi connectivity index (χ1) is 13.0. The highest BCUT2D eigenvalue weighted by atomic mass is 32.1. The lowest BCUT2D eigenvalue weighted by molar-refractivity contribution is -0.129. The minimum Gasteiger partial charge on any atom is -0.497 e. The highest BCUT2D eigenvalue weighted by Gasteiger charge is 2.19. The van der Waals surface area contributed by atoms with Crippen molar-refractivity contribution in [1.29, 1.82) is 0 Å². The van der Waals surface area contributed by atoms with Crippen molar-refractivity contribution >= 4 is 28.6 Å². The van der Waals surface area contributed by atoms with Crippen LogP contribution in [-0.4, -0.2) is 37.1 Å². The van der Waals surface area contributed by atoms with Crippen LogP contribution in [0.5, 0.6) is 11.5 Å². The Hall–Kier alpha value is -2.38. The van der Waals surface area contributed by atoms with Crippen molar-refractivity contribution in [2.45, 2.75) is 19.9 Å². The summed E-state index contributed by atoms with van der Waals surface area (Å²) >= 11 is 3.22. The van der Waals surface area contributed by atoms with Crippen molar-refractivity contribution in [3.63, 3.8) is 0 Å². The molecule has 0 aliphatic rings. The normalized spacial score (nSPS) is 10.7. The van der Waals surface area contributed by atoms with E-state index in [1.165, 1.54) is 0 Å². The van der Waals surface area contributed by atoms with E-state index in [9.17, 15) is 4.79 Å². The number of carbonyl (C=O) groups excluding carboxylic acids is 1. The molecule has 7 heteroatoms. The number of hydrogen-bond acceptors (Lipinski definition) is 6.